The predicted octanol–water partition coefficient (Wildman–Crippen LogP) is 8.93. The number of imidazole rings is 1. The van der Waals surface area contributed by atoms with Crippen molar-refractivity contribution >= 4 is 50.2 Å². The van der Waals surface area contributed by atoms with E-state index >= 15 is 0 Å². The van der Waals surface area contributed by atoms with Crippen molar-refractivity contribution in [1.29, 1.82) is 0 Å². The zero-order valence-electron chi connectivity index (χ0n) is 23.8. The third kappa shape index (κ3) is 5.55. The molecule has 0 spiro atoms. The van der Waals surface area contributed by atoms with Crippen LogP contribution in [0.15, 0.2) is 85.2 Å². The van der Waals surface area contributed by atoms with Crippen LogP contribution in [0.3, 0.4) is 0 Å². The molecular formula is C34H30ClN3O3S. The number of benzene rings is 4. The molecular weight excluding hydrogens is 566 g/mol. The number of aryl methyl sites for hydroxylation is 1. The van der Waals surface area contributed by atoms with E-state index in [9.17, 15) is 9.90 Å². The zero-order valence-corrected chi connectivity index (χ0v) is 25.3. The summed E-state index contributed by atoms with van der Waals surface area (Å²) < 4.78 is 9.18. The molecule has 0 aliphatic carbocycles. The first-order valence-electron chi connectivity index (χ1n) is 13.7. The first-order chi connectivity index (χ1) is 20.1. The molecule has 42 heavy (non-hydrogen) atoms. The van der Waals surface area contributed by atoms with E-state index in [4.69, 9.17) is 21.3 Å². The van der Waals surface area contributed by atoms with Gasteiger partial charge in [0, 0.05) is 28.3 Å². The third-order valence-electron chi connectivity index (χ3n) is 7.08. The summed E-state index contributed by atoms with van der Waals surface area (Å²) in [4.78, 5) is 22.3. The summed E-state index contributed by atoms with van der Waals surface area (Å²) in [6.45, 7) is 8.23. The molecule has 6 aromatic rings. The number of thiazole rings is 1. The van der Waals surface area contributed by atoms with Crippen molar-refractivity contribution in [2.24, 2.45) is 0 Å². The summed E-state index contributed by atoms with van der Waals surface area (Å²) in [5, 5.41) is 11.8. The Bertz CT molecular complexity index is 1920. The van der Waals surface area contributed by atoms with Crippen LogP contribution in [0.4, 0.5) is 0 Å². The standard InChI is InChI=1S/C34H30ClN3O3S/c1-20-16-26-31(29(22-10-13-24(35)14-11-22)28(20)30(33(39)40)41-34(2,3)4)42-32(37-26)23-12-15-25-27(17-23)38(19-36-25)18-21-8-6-5-7-9-21/h5-17,19,30H,18H2,1-4H3,(H,39,40)/t30-/m0/s1. The van der Waals surface area contributed by atoms with Crippen LogP contribution >= 0.6 is 22.9 Å². The molecule has 0 radical (unpaired) electrons. The van der Waals surface area contributed by atoms with Crippen LogP contribution in [0, 0.1) is 6.92 Å². The maximum Gasteiger partial charge on any atom is 0.337 e. The number of halogens is 1. The monoisotopic (exact) mass is 595 g/mol. The summed E-state index contributed by atoms with van der Waals surface area (Å²) >= 11 is 7.78. The number of fused-ring (bicyclic) bond motifs is 2. The third-order valence-corrected chi connectivity index (χ3v) is 8.47. The largest absolute Gasteiger partial charge is 0.479 e. The normalized spacial score (nSPS) is 12.7. The predicted molar refractivity (Wildman–Crippen MR) is 170 cm³/mol. The molecule has 0 saturated carbocycles. The second kappa shape index (κ2) is 11.0. The van der Waals surface area contributed by atoms with Crippen LogP contribution in [0.1, 0.15) is 43.6 Å². The molecule has 0 unspecified atom stereocenters. The number of nitrogens with zero attached hydrogens (tertiary/aromatic N) is 3. The molecule has 0 aliphatic heterocycles. The van der Waals surface area contributed by atoms with E-state index < -0.39 is 17.7 Å². The van der Waals surface area contributed by atoms with Gasteiger partial charge in [0.2, 0.25) is 0 Å². The minimum absolute atomic E-state index is 0.607. The topological polar surface area (TPSA) is 77.2 Å². The smallest absolute Gasteiger partial charge is 0.337 e. The summed E-state index contributed by atoms with van der Waals surface area (Å²) in [6, 6.07) is 25.9. The van der Waals surface area contributed by atoms with E-state index in [1.807, 2.05) is 94.7 Å². The highest BCUT2D eigenvalue weighted by atomic mass is 35.5. The Morgan fingerprint density at radius 1 is 1.00 bits per heavy atom. The molecule has 6 nitrogen and oxygen atoms in total. The van der Waals surface area contributed by atoms with Crippen molar-refractivity contribution in [3.8, 4) is 21.7 Å². The second-order valence-electron chi connectivity index (χ2n) is 11.4. The van der Waals surface area contributed by atoms with Crippen LogP contribution in [-0.4, -0.2) is 31.2 Å². The fraction of sp³-hybridized carbons (Fsp3) is 0.206. The zero-order chi connectivity index (χ0) is 29.6. The summed E-state index contributed by atoms with van der Waals surface area (Å²) in [7, 11) is 0. The van der Waals surface area contributed by atoms with Crippen LogP contribution in [0.25, 0.3) is 42.9 Å². The van der Waals surface area contributed by atoms with Gasteiger partial charge in [0.05, 0.1) is 33.2 Å². The fourth-order valence-electron chi connectivity index (χ4n) is 5.26. The summed E-state index contributed by atoms with van der Waals surface area (Å²) in [5.41, 5.74) is 7.34. The van der Waals surface area contributed by atoms with Crippen molar-refractivity contribution in [2.75, 3.05) is 0 Å². The Hall–Kier alpha value is -4.04. The van der Waals surface area contributed by atoms with E-state index in [0.29, 0.717) is 17.1 Å². The van der Waals surface area contributed by atoms with Gasteiger partial charge in [0.15, 0.2) is 6.10 Å². The van der Waals surface area contributed by atoms with Crippen LogP contribution < -0.4 is 0 Å². The number of hydrogen-bond donors (Lipinski definition) is 1. The molecule has 2 heterocycles. The first-order valence-corrected chi connectivity index (χ1v) is 14.9. The molecule has 0 amide bonds. The van der Waals surface area contributed by atoms with Crippen LogP contribution in [-0.2, 0) is 16.1 Å². The Morgan fingerprint density at radius 3 is 2.40 bits per heavy atom. The number of carboxylic acid groups (broad SMARTS) is 1. The van der Waals surface area contributed by atoms with Gasteiger partial charge >= 0.3 is 5.97 Å². The van der Waals surface area contributed by atoms with Crippen molar-refractivity contribution in [3.63, 3.8) is 0 Å². The summed E-state index contributed by atoms with van der Waals surface area (Å²) in [6.07, 6.45) is 0.712. The van der Waals surface area contributed by atoms with Gasteiger partial charge in [-0.3, -0.25) is 0 Å². The molecule has 0 bridgehead atoms. The van der Waals surface area contributed by atoms with Gasteiger partial charge in [-0.1, -0.05) is 54.1 Å². The van der Waals surface area contributed by atoms with Crippen molar-refractivity contribution in [1.82, 2.24) is 14.5 Å². The van der Waals surface area contributed by atoms with Crippen molar-refractivity contribution in [3.05, 3.63) is 107 Å². The van der Waals surface area contributed by atoms with Crippen molar-refractivity contribution < 1.29 is 14.6 Å². The van der Waals surface area contributed by atoms with Crippen LogP contribution in [0.2, 0.25) is 5.02 Å². The summed E-state index contributed by atoms with van der Waals surface area (Å²) in [5.74, 6) is -1.04. The Balaban J connectivity index is 1.53. The van der Waals surface area contributed by atoms with E-state index in [1.165, 1.54) is 5.56 Å². The minimum atomic E-state index is -1.16. The van der Waals surface area contributed by atoms with Gasteiger partial charge < -0.3 is 14.4 Å². The number of aromatic nitrogens is 3. The number of ether oxygens (including phenoxy) is 1. The maximum absolute atomic E-state index is 12.6. The Kier molecular flexibility index (Phi) is 7.35. The van der Waals surface area contributed by atoms with Gasteiger partial charge in [-0.25, -0.2) is 14.8 Å². The highest BCUT2D eigenvalue weighted by Gasteiger charge is 2.32. The molecule has 0 fully saturated rings. The number of carbonyl (C=O) groups is 1. The molecule has 2 aromatic heterocycles. The van der Waals surface area contributed by atoms with E-state index in [2.05, 4.69) is 27.8 Å². The first kappa shape index (κ1) is 28.1. The number of rotatable bonds is 7. The molecule has 0 aliphatic rings. The number of aliphatic carboxylic acids is 1. The molecule has 6 rings (SSSR count). The minimum Gasteiger partial charge on any atom is -0.479 e. The maximum atomic E-state index is 12.6. The molecule has 4 aromatic carbocycles. The van der Waals surface area contributed by atoms with Crippen LogP contribution in [0.5, 0.6) is 0 Å². The SMILES string of the molecule is Cc1cc2nc(-c3ccc4ncn(Cc5ccccc5)c4c3)sc2c(-c2ccc(Cl)cc2)c1[C@H](OC(C)(C)C)C(=O)O. The Morgan fingerprint density at radius 2 is 1.71 bits per heavy atom. The molecule has 0 saturated heterocycles. The van der Waals surface area contributed by atoms with Gasteiger partial charge in [-0.15, -0.1) is 11.3 Å². The lowest BCUT2D eigenvalue weighted by molar-refractivity contribution is -0.160. The Labute approximate surface area is 253 Å². The van der Waals surface area contributed by atoms with Gasteiger partial charge in [-0.05, 0) is 80.8 Å². The highest BCUT2D eigenvalue weighted by molar-refractivity contribution is 7.22. The second-order valence-corrected chi connectivity index (χ2v) is 12.8. The molecule has 8 heteroatoms. The lowest BCUT2D eigenvalue weighted by Crippen LogP contribution is -2.28. The number of carboxylic acids is 1. The van der Waals surface area contributed by atoms with E-state index in [1.54, 1.807) is 11.3 Å². The lowest BCUT2D eigenvalue weighted by atomic mass is 9.91. The van der Waals surface area contributed by atoms with Gasteiger partial charge in [-0.2, -0.15) is 0 Å². The molecule has 1 N–H and O–H groups in total. The van der Waals surface area contributed by atoms with E-state index in [0.717, 1.165) is 48.5 Å². The average Bonchev–Trinajstić information content (AvgIpc) is 3.55. The molecule has 1 atom stereocenters. The lowest BCUT2D eigenvalue weighted by Gasteiger charge is -2.28. The highest BCUT2D eigenvalue weighted by Crippen LogP contribution is 2.44. The van der Waals surface area contributed by atoms with Crippen molar-refractivity contribution in [2.45, 2.75) is 45.9 Å². The van der Waals surface area contributed by atoms with Gasteiger partial charge in [0.25, 0.3) is 0 Å². The molecule has 212 valence electrons. The van der Waals surface area contributed by atoms with E-state index in [-0.39, 0.29) is 0 Å². The average molecular weight is 596 g/mol. The fourth-order valence-corrected chi connectivity index (χ4v) is 6.51. The number of hydrogen-bond acceptors (Lipinski definition) is 5. The van der Waals surface area contributed by atoms with Gasteiger partial charge in [0.1, 0.15) is 5.01 Å². The quantitative estimate of drug-likeness (QED) is 0.199.